The summed E-state index contributed by atoms with van der Waals surface area (Å²) < 4.78 is 5.58. The molecule has 116 valence electrons. The molecule has 0 bridgehead atoms. The van der Waals surface area contributed by atoms with Crippen LogP contribution >= 0.6 is 23.4 Å². The van der Waals surface area contributed by atoms with Gasteiger partial charge in [-0.2, -0.15) is 11.8 Å². The van der Waals surface area contributed by atoms with E-state index in [1.54, 1.807) is 31.2 Å². The lowest BCUT2D eigenvalue weighted by molar-refractivity contribution is -0.127. The summed E-state index contributed by atoms with van der Waals surface area (Å²) in [5.41, 5.74) is 0. The summed E-state index contributed by atoms with van der Waals surface area (Å²) in [6.45, 7) is 2.46. The summed E-state index contributed by atoms with van der Waals surface area (Å²) in [5.74, 6) is 1.56. The minimum Gasteiger partial charge on any atom is -0.481 e. The lowest BCUT2D eigenvalue weighted by Gasteiger charge is -2.15. The lowest BCUT2D eigenvalue weighted by Crippen LogP contribution is -2.37. The van der Waals surface area contributed by atoms with Crippen LogP contribution in [0.4, 0.5) is 0 Å². The Kier molecular flexibility index (Phi) is 6.71. The van der Waals surface area contributed by atoms with Gasteiger partial charge in [-0.3, -0.25) is 4.79 Å². The molecular weight excluding hydrogens is 306 g/mol. The van der Waals surface area contributed by atoms with E-state index < -0.39 is 6.10 Å². The van der Waals surface area contributed by atoms with Crippen molar-refractivity contribution >= 4 is 29.3 Å². The largest absolute Gasteiger partial charge is 0.481 e. The van der Waals surface area contributed by atoms with Gasteiger partial charge in [0.1, 0.15) is 5.75 Å². The number of halogens is 1. The van der Waals surface area contributed by atoms with Crippen LogP contribution in [-0.2, 0) is 4.79 Å². The first-order valence-electron chi connectivity index (χ1n) is 7.46. The quantitative estimate of drug-likeness (QED) is 0.772. The van der Waals surface area contributed by atoms with Crippen LogP contribution < -0.4 is 10.1 Å². The van der Waals surface area contributed by atoms with Gasteiger partial charge in [-0.15, -0.1) is 0 Å². The van der Waals surface area contributed by atoms with E-state index in [2.05, 4.69) is 5.32 Å². The van der Waals surface area contributed by atoms with E-state index >= 15 is 0 Å². The van der Waals surface area contributed by atoms with Crippen LogP contribution in [0.15, 0.2) is 24.3 Å². The van der Waals surface area contributed by atoms with Crippen molar-refractivity contribution in [1.29, 1.82) is 0 Å². The van der Waals surface area contributed by atoms with Crippen LogP contribution in [0, 0.1) is 0 Å². The van der Waals surface area contributed by atoms with E-state index in [1.807, 2.05) is 11.8 Å². The molecule has 0 radical (unpaired) electrons. The predicted octanol–water partition coefficient (Wildman–Crippen LogP) is 3.90. The molecule has 1 fully saturated rings. The van der Waals surface area contributed by atoms with E-state index in [-0.39, 0.29) is 5.91 Å². The van der Waals surface area contributed by atoms with Crippen molar-refractivity contribution in [1.82, 2.24) is 5.32 Å². The van der Waals surface area contributed by atoms with Gasteiger partial charge in [0.2, 0.25) is 0 Å². The molecule has 0 heterocycles. The molecule has 2 rings (SSSR count). The first-order valence-corrected chi connectivity index (χ1v) is 8.89. The lowest BCUT2D eigenvalue weighted by atomic mass is 10.3. The molecule has 0 aliphatic heterocycles. The van der Waals surface area contributed by atoms with Gasteiger partial charge in [-0.1, -0.05) is 24.4 Å². The SMILES string of the molecule is CC(Oc1ccc(Cl)cc1)C(=O)NCCSC1CCCC1. The number of nitrogens with one attached hydrogen (secondary N) is 1. The first kappa shape index (κ1) is 16.5. The zero-order valence-electron chi connectivity index (χ0n) is 12.3. The molecule has 0 spiro atoms. The monoisotopic (exact) mass is 327 g/mol. The average Bonchev–Trinajstić information content (AvgIpc) is 2.99. The molecule has 3 nitrogen and oxygen atoms in total. The van der Waals surface area contributed by atoms with Gasteiger partial charge in [0.25, 0.3) is 5.91 Å². The van der Waals surface area contributed by atoms with E-state index in [4.69, 9.17) is 16.3 Å². The topological polar surface area (TPSA) is 38.3 Å². The number of hydrogen-bond acceptors (Lipinski definition) is 3. The van der Waals surface area contributed by atoms with Crippen LogP contribution in [0.2, 0.25) is 5.02 Å². The second-order valence-electron chi connectivity index (χ2n) is 5.28. The summed E-state index contributed by atoms with van der Waals surface area (Å²) in [5, 5.41) is 4.38. The summed E-state index contributed by atoms with van der Waals surface area (Å²) >= 11 is 7.79. The zero-order valence-corrected chi connectivity index (χ0v) is 13.9. The van der Waals surface area contributed by atoms with Crippen molar-refractivity contribution in [2.45, 2.75) is 44.0 Å². The molecule has 1 aromatic rings. The van der Waals surface area contributed by atoms with Crippen molar-refractivity contribution in [3.05, 3.63) is 29.3 Å². The van der Waals surface area contributed by atoms with Crippen molar-refractivity contribution < 1.29 is 9.53 Å². The van der Waals surface area contributed by atoms with Gasteiger partial charge >= 0.3 is 0 Å². The molecule has 1 unspecified atom stereocenters. The van der Waals surface area contributed by atoms with Gasteiger partial charge < -0.3 is 10.1 Å². The van der Waals surface area contributed by atoms with Crippen LogP contribution in [0.3, 0.4) is 0 Å². The Labute approximate surface area is 135 Å². The second-order valence-corrected chi connectivity index (χ2v) is 7.13. The fourth-order valence-corrected chi connectivity index (χ4v) is 3.72. The molecule has 0 aromatic heterocycles. The maximum absolute atomic E-state index is 11.9. The molecular formula is C16H22ClNO2S. The van der Waals surface area contributed by atoms with Crippen molar-refractivity contribution in [2.75, 3.05) is 12.3 Å². The number of hydrogen-bond donors (Lipinski definition) is 1. The minimum atomic E-state index is -0.498. The highest BCUT2D eigenvalue weighted by atomic mass is 35.5. The van der Waals surface area contributed by atoms with Gasteiger partial charge in [0, 0.05) is 22.6 Å². The van der Waals surface area contributed by atoms with Crippen LogP contribution in [0.5, 0.6) is 5.75 Å². The maximum atomic E-state index is 11.9. The number of thioether (sulfide) groups is 1. The van der Waals surface area contributed by atoms with Crippen molar-refractivity contribution in [3.8, 4) is 5.75 Å². The number of ether oxygens (including phenoxy) is 1. The number of amides is 1. The fourth-order valence-electron chi connectivity index (χ4n) is 2.37. The Bertz CT molecular complexity index is 446. The van der Waals surface area contributed by atoms with E-state index in [9.17, 15) is 4.79 Å². The van der Waals surface area contributed by atoms with Crippen molar-refractivity contribution in [3.63, 3.8) is 0 Å². The van der Waals surface area contributed by atoms with E-state index in [0.717, 1.165) is 11.0 Å². The highest BCUT2D eigenvalue weighted by molar-refractivity contribution is 7.99. The second kappa shape index (κ2) is 8.54. The van der Waals surface area contributed by atoms with Crippen LogP contribution in [-0.4, -0.2) is 29.6 Å². The predicted molar refractivity (Wildman–Crippen MR) is 89.3 cm³/mol. The normalized spacial score (nSPS) is 16.7. The smallest absolute Gasteiger partial charge is 0.260 e. The Balaban J connectivity index is 1.63. The summed E-state index contributed by atoms with van der Waals surface area (Å²) in [4.78, 5) is 11.9. The number of benzene rings is 1. The molecule has 1 aromatic carbocycles. The van der Waals surface area contributed by atoms with Crippen molar-refractivity contribution in [2.24, 2.45) is 0 Å². The highest BCUT2D eigenvalue weighted by Gasteiger charge is 2.16. The zero-order chi connectivity index (χ0) is 15.1. The summed E-state index contributed by atoms with van der Waals surface area (Å²) in [7, 11) is 0. The van der Waals surface area contributed by atoms with Gasteiger partial charge in [0.15, 0.2) is 6.10 Å². The third kappa shape index (κ3) is 5.79. The first-order chi connectivity index (χ1) is 10.1. The summed E-state index contributed by atoms with van der Waals surface area (Å²) in [6.07, 6.45) is 4.87. The van der Waals surface area contributed by atoms with Crippen LogP contribution in [0.1, 0.15) is 32.6 Å². The molecule has 0 saturated heterocycles. The molecule has 5 heteroatoms. The fraction of sp³-hybridized carbons (Fsp3) is 0.562. The van der Waals surface area contributed by atoms with E-state index in [0.29, 0.717) is 17.3 Å². The third-order valence-electron chi connectivity index (χ3n) is 3.55. The number of rotatable bonds is 7. The Morgan fingerprint density at radius 1 is 1.38 bits per heavy atom. The van der Waals surface area contributed by atoms with Gasteiger partial charge in [-0.25, -0.2) is 0 Å². The summed E-state index contributed by atoms with van der Waals surface area (Å²) in [6, 6.07) is 7.03. The van der Waals surface area contributed by atoms with Crippen LogP contribution in [0.25, 0.3) is 0 Å². The molecule has 1 saturated carbocycles. The Hall–Kier alpha value is -0.870. The molecule has 1 amide bonds. The molecule has 1 atom stereocenters. The van der Waals surface area contributed by atoms with E-state index in [1.165, 1.54) is 25.7 Å². The van der Waals surface area contributed by atoms with Gasteiger partial charge in [0.05, 0.1) is 0 Å². The number of carbonyl (C=O) groups excluding carboxylic acids is 1. The standard InChI is InChI=1S/C16H22ClNO2S/c1-12(20-14-8-6-13(17)7-9-14)16(19)18-10-11-21-15-4-2-3-5-15/h6-9,12,15H,2-5,10-11H2,1H3,(H,18,19). The van der Waals surface area contributed by atoms with Gasteiger partial charge in [-0.05, 0) is 44.0 Å². The Morgan fingerprint density at radius 3 is 2.71 bits per heavy atom. The third-order valence-corrected chi connectivity index (χ3v) is 5.19. The molecule has 1 aliphatic rings. The Morgan fingerprint density at radius 2 is 2.05 bits per heavy atom. The molecule has 21 heavy (non-hydrogen) atoms. The number of carbonyl (C=O) groups is 1. The average molecular weight is 328 g/mol. The molecule has 1 aliphatic carbocycles. The maximum Gasteiger partial charge on any atom is 0.260 e. The highest BCUT2D eigenvalue weighted by Crippen LogP contribution is 2.28. The minimum absolute atomic E-state index is 0.0722. The molecule has 1 N–H and O–H groups in total.